The molecule has 3 N–H and O–H groups in total. The number of aryl methyl sites for hydroxylation is 1. The Morgan fingerprint density at radius 1 is 0.897 bits per heavy atom. The van der Waals surface area contributed by atoms with Crippen LogP contribution in [0, 0.1) is 6.92 Å². The number of hydrogen-bond donors (Lipinski definition) is 2. The summed E-state index contributed by atoms with van der Waals surface area (Å²) in [4.78, 5) is 3.70. The molecule has 6 heteroatoms. The number of rotatable bonds is 3. The van der Waals surface area contributed by atoms with Crippen LogP contribution < -0.4 is 5.73 Å². The Balaban J connectivity index is 1.73. The standard InChI is InChI=1S/C23H24N4OS/c1-14-11-18(23(2,3)4)22(28)21(12-14)27-25-19-10-9-17(13-20(19)26-27)29-16-7-5-15(24)6-8-16/h5-13,28H,24H2,1-4H3. The molecule has 1 heterocycles. The van der Waals surface area contributed by atoms with Crippen molar-refractivity contribution in [2.24, 2.45) is 0 Å². The first kappa shape index (κ1) is 19.3. The van der Waals surface area contributed by atoms with Gasteiger partial charge in [-0.2, -0.15) is 0 Å². The maximum atomic E-state index is 10.9. The van der Waals surface area contributed by atoms with Crippen molar-refractivity contribution in [3.8, 4) is 11.4 Å². The molecule has 5 nitrogen and oxygen atoms in total. The zero-order valence-electron chi connectivity index (χ0n) is 17.0. The van der Waals surface area contributed by atoms with Crippen LogP contribution in [0.1, 0.15) is 31.9 Å². The van der Waals surface area contributed by atoms with Gasteiger partial charge in [0, 0.05) is 21.0 Å². The van der Waals surface area contributed by atoms with Gasteiger partial charge in [0.05, 0.1) is 0 Å². The van der Waals surface area contributed by atoms with Crippen molar-refractivity contribution in [2.75, 3.05) is 5.73 Å². The fourth-order valence-electron chi connectivity index (χ4n) is 3.22. The molecule has 0 atom stereocenters. The molecule has 1 aromatic heterocycles. The molecule has 0 spiro atoms. The zero-order valence-corrected chi connectivity index (χ0v) is 17.8. The lowest BCUT2D eigenvalue weighted by Crippen LogP contribution is -2.13. The van der Waals surface area contributed by atoms with Crippen LogP contribution in [-0.2, 0) is 5.41 Å². The molecular formula is C23H24N4OS. The van der Waals surface area contributed by atoms with Gasteiger partial charge in [-0.3, -0.25) is 0 Å². The van der Waals surface area contributed by atoms with Crippen LogP contribution in [0.3, 0.4) is 0 Å². The van der Waals surface area contributed by atoms with Crippen molar-refractivity contribution in [3.63, 3.8) is 0 Å². The topological polar surface area (TPSA) is 77.0 Å². The van der Waals surface area contributed by atoms with Gasteiger partial charge in [-0.25, -0.2) is 0 Å². The predicted octanol–water partition coefficient (Wildman–Crippen LogP) is 5.47. The second-order valence-corrected chi connectivity index (χ2v) is 9.39. The SMILES string of the molecule is Cc1cc(-n2nc3ccc(Sc4ccc(N)cc4)cc3n2)c(O)c(C(C)(C)C)c1. The van der Waals surface area contributed by atoms with E-state index in [4.69, 9.17) is 5.73 Å². The van der Waals surface area contributed by atoms with E-state index in [2.05, 4.69) is 31.0 Å². The van der Waals surface area contributed by atoms with Crippen LogP contribution in [0.25, 0.3) is 16.7 Å². The summed E-state index contributed by atoms with van der Waals surface area (Å²) in [5.74, 6) is 0.222. The second kappa shape index (κ2) is 7.12. The van der Waals surface area contributed by atoms with Gasteiger partial charge >= 0.3 is 0 Å². The fraction of sp³-hybridized carbons (Fsp3) is 0.217. The molecule has 0 aliphatic rings. The minimum Gasteiger partial charge on any atom is -0.505 e. The monoisotopic (exact) mass is 404 g/mol. The summed E-state index contributed by atoms with van der Waals surface area (Å²) in [5, 5.41) is 20.1. The highest BCUT2D eigenvalue weighted by Crippen LogP contribution is 2.36. The number of phenolic OH excluding ortho intramolecular Hbond substituents is 1. The van der Waals surface area contributed by atoms with Crippen molar-refractivity contribution < 1.29 is 5.11 Å². The van der Waals surface area contributed by atoms with Gasteiger partial charge in [-0.15, -0.1) is 15.0 Å². The zero-order chi connectivity index (χ0) is 20.8. The van der Waals surface area contributed by atoms with Gasteiger partial charge in [-0.05, 0) is 66.4 Å². The average molecular weight is 405 g/mol. The molecule has 0 bridgehead atoms. The molecule has 0 radical (unpaired) electrons. The molecule has 0 aliphatic carbocycles. The minimum absolute atomic E-state index is 0.180. The van der Waals surface area contributed by atoms with Gasteiger partial charge in [-0.1, -0.05) is 38.6 Å². The molecule has 0 unspecified atom stereocenters. The third-order valence-electron chi connectivity index (χ3n) is 4.73. The number of nitrogen functional groups attached to an aromatic ring is 1. The minimum atomic E-state index is -0.180. The maximum absolute atomic E-state index is 10.9. The maximum Gasteiger partial charge on any atom is 0.146 e. The Morgan fingerprint density at radius 2 is 1.55 bits per heavy atom. The summed E-state index contributed by atoms with van der Waals surface area (Å²) < 4.78 is 0. The Hall–Kier alpha value is -2.99. The van der Waals surface area contributed by atoms with Crippen LogP contribution in [0.2, 0.25) is 0 Å². The van der Waals surface area contributed by atoms with Crippen LogP contribution in [0.4, 0.5) is 5.69 Å². The number of fused-ring (bicyclic) bond motifs is 1. The molecule has 4 rings (SSSR count). The van der Waals surface area contributed by atoms with Crippen LogP contribution in [0.15, 0.2) is 64.4 Å². The Morgan fingerprint density at radius 3 is 2.24 bits per heavy atom. The van der Waals surface area contributed by atoms with Crippen molar-refractivity contribution in [2.45, 2.75) is 42.9 Å². The van der Waals surface area contributed by atoms with Gasteiger partial charge in [0.1, 0.15) is 22.5 Å². The first-order valence-corrected chi connectivity index (χ1v) is 10.3. The summed E-state index contributed by atoms with van der Waals surface area (Å²) in [6, 6.07) is 17.7. The van der Waals surface area contributed by atoms with Gasteiger partial charge in [0.2, 0.25) is 0 Å². The first-order valence-electron chi connectivity index (χ1n) is 9.46. The molecule has 0 amide bonds. The Labute approximate surface area is 174 Å². The summed E-state index contributed by atoms with van der Waals surface area (Å²) in [6.07, 6.45) is 0. The molecular weight excluding hydrogens is 380 g/mol. The lowest BCUT2D eigenvalue weighted by atomic mass is 9.85. The molecule has 0 fully saturated rings. The number of aromatic hydroxyl groups is 1. The van der Waals surface area contributed by atoms with Gasteiger partial charge in [0.25, 0.3) is 0 Å². The number of nitrogens with zero attached hydrogens (tertiary/aromatic N) is 3. The quantitative estimate of drug-likeness (QED) is 0.443. The summed E-state index contributed by atoms with van der Waals surface area (Å²) >= 11 is 1.65. The largest absolute Gasteiger partial charge is 0.505 e. The summed E-state index contributed by atoms with van der Waals surface area (Å²) in [7, 11) is 0. The highest BCUT2D eigenvalue weighted by atomic mass is 32.2. The van der Waals surface area contributed by atoms with Crippen molar-refractivity contribution >= 4 is 28.5 Å². The molecule has 4 aromatic rings. The molecule has 0 aliphatic heterocycles. The highest BCUT2D eigenvalue weighted by molar-refractivity contribution is 7.99. The highest BCUT2D eigenvalue weighted by Gasteiger charge is 2.22. The van der Waals surface area contributed by atoms with Crippen molar-refractivity contribution in [3.05, 3.63) is 65.7 Å². The van der Waals surface area contributed by atoms with Crippen LogP contribution in [0.5, 0.6) is 5.75 Å². The molecule has 0 saturated carbocycles. The van der Waals surface area contributed by atoms with Crippen LogP contribution in [-0.4, -0.2) is 20.1 Å². The third-order valence-corrected chi connectivity index (χ3v) is 5.72. The molecule has 29 heavy (non-hydrogen) atoms. The first-order chi connectivity index (χ1) is 13.7. The van der Waals surface area contributed by atoms with E-state index in [1.165, 1.54) is 4.80 Å². The van der Waals surface area contributed by atoms with Crippen molar-refractivity contribution in [1.29, 1.82) is 0 Å². The van der Waals surface area contributed by atoms with E-state index in [0.717, 1.165) is 37.6 Å². The Kier molecular flexibility index (Phi) is 4.74. The number of nitrogens with two attached hydrogens (primary N) is 1. The molecule has 148 valence electrons. The van der Waals surface area contributed by atoms with E-state index in [1.807, 2.05) is 61.5 Å². The lowest BCUT2D eigenvalue weighted by molar-refractivity contribution is 0.440. The van der Waals surface area contributed by atoms with E-state index >= 15 is 0 Å². The lowest BCUT2D eigenvalue weighted by Gasteiger charge is -2.22. The predicted molar refractivity (Wildman–Crippen MR) is 119 cm³/mol. The van der Waals surface area contributed by atoms with E-state index < -0.39 is 0 Å². The van der Waals surface area contributed by atoms with Crippen molar-refractivity contribution in [1.82, 2.24) is 15.0 Å². The van der Waals surface area contributed by atoms with Gasteiger partial charge < -0.3 is 10.8 Å². The molecule has 0 saturated heterocycles. The summed E-state index contributed by atoms with van der Waals surface area (Å²) in [6.45, 7) is 8.26. The van der Waals surface area contributed by atoms with Gasteiger partial charge in [0.15, 0.2) is 0 Å². The number of phenols is 1. The third kappa shape index (κ3) is 3.93. The van der Waals surface area contributed by atoms with E-state index in [-0.39, 0.29) is 11.2 Å². The second-order valence-electron chi connectivity index (χ2n) is 8.24. The average Bonchev–Trinajstić information content (AvgIpc) is 3.07. The normalized spacial score (nSPS) is 11.9. The van der Waals surface area contributed by atoms with Crippen LogP contribution >= 0.6 is 11.8 Å². The Bertz CT molecular complexity index is 1190. The smallest absolute Gasteiger partial charge is 0.146 e. The van der Waals surface area contributed by atoms with E-state index in [9.17, 15) is 5.11 Å². The number of aromatic nitrogens is 3. The van der Waals surface area contributed by atoms with E-state index in [1.54, 1.807) is 11.8 Å². The number of anilines is 1. The summed E-state index contributed by atoms with van der Waals surface area (Å²) in [5.41, 5.74) is 10.4. The molecule has 3 aromatic carbocycles. The van der Waals surface area contributed by atoms with E-state index in [0.29, 0.717) is 5.69 Å². The fourth-order valence-corrected chi connectivity index (χ4v) is 4.07. The number of hydrogen-bond acceptors (Lipinski definition) is 5. The number of benzene rings is 3.